The molecule has 7 nitrogen and oxygen atoms in total. The minimum Gasteiger partial charge on any atom is -0.423 e. The van der Waals surface area contributed by atoms with E-state index in [1.165, 1.54) is 12.8 Å². The smallest absolute Gasteiger partial charge is 0.303 e. The van der Waals surface area contributed by atoms with Gasteiger partial charge in [-0.05, 0) is 56.5 Å². The van der Waals surface area contributed by atoms with E-state index in [1.807, 2.05) is 42.3 Å². The molecule has 2 aliphatic rings. The topological polar surface area (TPSA) is 70.6 Å². The first-order chi connectivity index (χ1) is 15.1. The van der Waals surface area contributed by atoms with Gasteiger partial charge in [-0.1, -0.05) is 18.2 Å². The summed E-state index contributed by atoms with van der Waals surface area (Å²) in [6, 6.07) is 15.4. The molecular weight excluding hydrogens is 390 g/mol. The third kappa shape index (κ3) is 3.08. The van der Waals surface area contributed by atoms with Crippen LogP contribution in [0, 0.1) is 0 Å². The van der Waals surface area contributed by atoms with Gasteiger partial charge >= 0.3 is 6.01 Å². The van der Waals surface area contributed by atoms with Crippen LogP contribution in [0.4, 0.5) is 17.4 Å². The molecule has 2 atom stereocenters. The van der Waals surface area contributed by atoms with Gasteiger partial charge in [-0.25, -0.2) is 0 Å². The van der Waals surface area contributed by atoms with Crippen molar-refractivity contribution in [2.24, 2.45) is 0 Å². The Labute approximate surface area is 180 Å². The second kappa shape index (κ2) is 6.85. The Morgan fingerprint density at radius 3 is 2.71 bits per heavy atom. The number of anilines is 3. The van der Waals surface area contributed by atoms with Crippen molar-refractivity contribution in [3.05, 3.63) is 54.9 Å². The number of rotatable bonds is 4. The maximum Gasteiger partial charge on any atom is 0.303 e. The van der Waals surface area contributed by atoms with Crippen molar-refractivity contribution in [2.45, 2.75) is 45.0 Å². The minimum atomic E-state index is -0.594. The number of hydrogen-bond donors (Lipinski definition) is 1. The Morgan fingerprint density at radius 2 is 1.94 bits per heavy atom. The number of fused-ring (bicyclic) bond motifs is 2. The van der Waals surface area contributed by atoms with E-state index in [2.05, 4.69) is 46.0 Å². The molecule has 1 fully saturated rings. The Bertz CT molecular complexity index is 1220. The Hall–Kier alpha value is -3.32. The molecule has 7 heteroatoms. The quantitative estimate of drug-likeness (QED) is 0.520. The second-order valence-corrected chi connectivity index (χ2v) is 8.61. The highest BCUT2D eigenvalue weighted by molar-refractivity contribution is 5.84. The van der Waals surface area contributed by atoms with Crippen molar-refractivity contribution in [1.82, 2.24) is 14.8 Å². The van der Waals surface area contributed by atoms with E-state index in [1.54, 1.807) is 0 Å². The lowest BCUT2D eigenvalue weighted by atomic mass is 10.0. The van der Waals surface area contributed by atoms with Crippen LogP contribution in [0.25, 0.3) is 22.2 Å². The molecule has 158 valence electrons. The van der Waals surface area contributed by atoms with Gasteiger partial charge < -0.3 is 14.4 Å². The van der Waals surface area contributed by atoms with E-state index in [-0.39, 0.29) is 6.04 Å². The van der Waals surface area contributed by atoms with Gasteiger partial charge in [0.15, 0.2) is 5.58 Å². The average molecular weight is 415 g/mol. The Morgan fingerprint density at radius 1 is 1.10 bits per heavy atom. The molecular formula is C24H25N5O2. The van der Waals surface area contributed by atoms with Gasteiger partial charge in [0, 0.05) is 24.3 Å². The largest absolute Gasteiger partial charge is 0.423 e. The zero-order valence-corrected chi connectivity index (χ0v) is 17.6. The fourth-order valence-electron chi connectivity index (χ4n) is 4.58. The number of benzene rings is 2. The van der Waals surface area contributed by atoms with Crippen LogP contribution < -0.4 is 9.80 Å². The molecule has 0 spiro atoms. The molecule has 3 heterocycles. The summed E-state index contributed by atoms with van der Waals surface area (Å²) in [6.07, 6.45) is 5.88. The molecule has 0 bridgehead atoms. The third-order valence-corrected chi connectivity index (χ3v) is 6.24. The summed E-state index contributed by atoms with van der Waals surface area (Å²) < 4.78 is 8.18. The maximum absolute atomic E-state index is 10.5. The van der Waals surface area contributed by atoms with Crippen molar-refractivity contribution >= 4 is 28.5 Å². The zero-order chi connectivity index (χ0) is 21.1. The van der Waals surface area contributed by atoms with E-state index < -0.39 is 6.23 Å². The number of oxazole rings is 1. The average Bonchev–Trinajstić information content (AvgIpc) is 3.33. The molecule has 1 aliphatic carbocycles. The van der Waals surface area contributed by atoms with Crippen molar-refractivity contribution in [2.75, 3.05) is 16.3 Å². The monoisotopic (exact) mass is 415 g/mol. The van der Waals surface area contributed by atoms with Crippen LogP contribution in [0.15, 0.2) is 59.3 Å². The first-order valence-corrected chi connectivity index (χ1v) is 10.9. The summed E-state index contributed by atoms with van der Waals surface area (Å²) >= 11 is 0. The van der Waals surface area contributed by atoms with Gasteiger partial charge in [-0.3, -0.25) is 9.58 Å². The van der Waals surface area contributed by atoms with Crippen molar-refractivity contribution < 1.29 is 9.52 Å². The maximum atomic E-state index is 10.5. The minimum absolute atomic E-state index is 0.0889. The summed E-state index contributed by atoms with van der Waals surface area (Å²) in [4.78, 5) is 8.91. The highest BCUT2D eigenvalue weighted by atomic mass is 16.4. The summed E-state index contributed by atoms with van der Waals surface area (Å²) in [5.74, 6) is 0. The molecule has 4 aromatic rings. The second-order valence-electron chi connectivity index (χ2n) is 8.61. The van der Waals surface area contributed by atoms with Crippen molar-refractivity contribution in [1.29, 1.82) is 0 Å². The number of nitrogens with zero attached hydrogens (tertiary/aromatic N) is 5. The van der Waals surface area contributed by atoms with Crippen LogP contribution in [0.5, 0.6) is 0 Å². The molecule has 1 N–H and O–H groups in total. The van der Waals surface area contributed by atoms with E-state index >= 15 is 0 Å². The van der Waals surface area contributed by atoms with E-state index in [4.69, 9.17) is 9.40 Å². The van der Waals surface area contributed by atoms with Crippen LogP contribution in [0.2, 0.25) is 0 Å². The number of aliphatic hydroxyl groups excluding tert-OH is 1. The molecule has 1 saturated carbocycles. The van der Waals surface area contributed by atoms with Gasteiger partial charge in [0.2, 0.25) is 0 Å². The Kier molecular flexibility index (Phi) is 4.08. The number of hydrogen-bond acceptors (Lipinski definition) is 6. The molecule has 31 heavy (non-hydrogen) atoms. The van der Waals surface area contributed by atoms with Gasteiger partial charge in [0.1, 0.15) is 11.7 Å². The van der Waals surface area contributed by atoms with Crippen LogP contribution >= 0.6 is 0 Å². The lowest BCUT2D eigenvalue weighted by Gasteiger charge is -2.43. The Balaban J connectivity index is 1.47. The standard InChI is InChI=1S/C24H25N5O2/c1-15-13-27(24-26-20-5-3-4-6-23(20)31-24)22-11-17(7-10-21(22)29(15)16(2)30)18-12-25-28(14-18)19-8-9-19/h3-7,10-12,14-16,19,30H,8-9,13H2,1-2H3/t15-,16?/m0/s1. The highest BCUT2D eigenvalue weighted by Gasteiger charge is 2.33. The first kappa shape index (κ1) is 18.4. The fraction of sp³-hybridized carbons (Fsp3) is 0.333. The predicted octanol–water partition coefficient (Wildman–Crippen LogP) is 4.71. The van der Waals surface area contributed by atoms with E-state index in [0.717, 1.165) is 33.6 Å². The molecule has 0 amide bonds. The molecule has 6 rings (SSSR count). The van der Waals surface area contributed by atoms with Gasteiger partial charge in [0.25, 0.3) is 0 Å². The van der Waals surface area contributed by atoms with Crippen LogP contribution in [-0.4, -0.2) is 38.7 Å². The molecule has 2 aromatic carbocycles. The molecule has 1 unspecified atom stereocenters. The lowest BCUT2D eigenvalue weighted by molar-refractivity contribution is 0.177. The number of aromatic nitrogens is 3. The summed E-state index contributed by atoms with van der Waals surface area (Å²) in [5.41, 5.74) is 5.73. The van der Waals surface area contributed by atoms with Gasteiger partial charge in [0.05, 0.1) is 23.6 Å². The summed E-state index contributed by atoms with van der Waals surface area (Å²) in [5, 5.41) is 15.0. The van der Waals surface area contributed by atoms with Gasteiger partial charge in [-0.2, -0.15) is 10.1 Å². The first-order valence-electron chi connectivity index (χ1n) is 10.9. The van der Waals surface area contributed by atoms with Crippen molar-refractivity contribution in [3.63, 3.8) is 0 Å². The molecule has 0 saturated heterocycles. The molecule has 1 aliphatic heterocycles. The summed E-state index contributed by atoms with van der Waals surface area (Å²) in [6.45, 7) is 4.58. The van der Waals surface area contributed by atoms with E-state index in [9.17, 15) is 5.11 Å². The van der Waals surface area contributed by atoms with Crippen LogP contribution in [0.3, 0.4) is 0 Å². The van der Waals surface area contributed by atoms with E-state index in [0.29, 0.717) is 18.6 Å². The number of aliphatic hydroxyl groups is 1. The third-order valence-electron chi connectivity index (χ3n) is 6.24. The normalized spacial score (nSPS) is 19.6. The highest BCUT2D eigenvalue weighted by Crippen LogP contribution is 2.43. The van der Waals surface area contributed by atoms with Crippen molar-refractivity contribution in [3.8, 4) is 11.1 Å². The van der Waals surface area contributed by atoms with Gasteiger partial charge in [-0.15, -0.1) is 0 Å². The van der Waals surface area contributed by atoms with Crippen LogP contribution in [0.1, 0.15) is 32.7 Å². The molecule has 2 aromatic heterocycles. The zero-order valence-electron chi connectivity index (χ0n) is 17.6. The SMILES string of the molecule is CC(O)N1c2ccc(-c3cnn(C4CC4)c3)cc2N(c2nc3ccccc3o2)C[C@@H]1C. The molecule has 0 radical (unpaired) electrons. The van der Waals surface area contributed by atoms with Crippen LogP contribution in [-0.2, 0) is 0 Å². The summed E-state index contributed by atoms with van der Waals surface area (Å²) in [7, 11) is 0. The number of para-hydroxylation sites is 2. The fourth-order valence-corrected chi connectivity index (χ4v) is 4.58. The lowest BCUT2D eigenvalue weighted by Crippen LogP contribution is -2.50. The predicted molar refractivity (Wildman–Crippen MR) is 121 cm³/mol.